The number of hydrogen-bond acceptors (Lipinski definition) is 6. The zero-order chi connectivity index (χ0) is 25.5. The number of nitrogens with zero attached hydrogens (tertiary/aromatic N) is 3. The van der Waals surface area contributed by atoms with E-state index in [-0.39, 0.29) is 41.0 Å². The van der Waals surface area contributed by atoms with Gasteiger partial charge in [0.05, 0.1) is 22.1 Å². The molecule has 0 unspecified atom stereocenters. The molecule has 2 amide bonds. The first-order valence-corrected chi connectivity index (χ1v) is 12.2. The van der Waals surface area contributed by atoms with Crippen LogP contribution in [0.1, 0.15) is 37.0 Å². The third-order valence-corrected chi connectivity index (χ3v) is 6.45. The maximum atomic E-state index is 13.4. The molecule has 0 bridgehead atoms. The van der Waals surface area contributed by atoms with Crippen LogP contribution in [0.15, 0.2) is 84.2 Å². The van der Waals surface area contributed by atoms with E-state index in [1.807, 2.05) is 60.7 Å². The van der Waals surface area contributed by atoms with Crippen LogP contribution in [0.5, 0.6) is 0 Å². The number of nitro benzene ring substituents is 1. The summed E-state index contributed by atoms with van der Waals surface area (Å²) in [6.45, 7) is 0.781. The van der Waals surface area contributed by atoms with Gasteiger partial charge >= 0.3 is 0 Å². The molecule has 0 aliphatic carbocycles. The molecule has 4 rings (SSSR count). The summed E-state index contributed by atoms with van der Waals surface area (Å²) >= 11 is 7.50. The maximum Gasteiger partial charge on any atom is 0.271 e. The molecule has 0 fully saturated rings. The van der Waals surface area contributed by atoms with Crippen molar-refractivity contribution in [1.29, 1.82) is 0 Å². The first kappa shape index (κ1) is 25.0. The lowest BCUT2D eigenvalue weighted by Gasteiger charge is -2.22. The second-order valence-corrected chi connectivity index (χ2v) is 9.21. The molecule has 1 aromatic heterocycles. The number of hydrogen-bond donors (Lipinski definition) is 1. The van der Waals surface area contributed by atoms with Crippen LogP contribution in [0.25, 0.3) is 0 Å². The van der Waals surface area contributed by atoms with Crippen molar-refractivity contribution >= 4 is 40.4 Å². The highest BCUT2D eigenvalue weighted by molar-refractivity contribution is 7.09. The van der Waals surface area contributed by atoms with Gasteiger partial charge in [-0.05, 0) is 17.2 Å². The van der Waals surface area contributed by atoms with Gasteiger partial charge < -0.3 is 10.2 Å². The van der Waals surface area contributed by atoms with Crippen molar-refractivity contribution in [2.24, 2.45) is 0 Å². The van der Waals surface area contributed by atoms with Crippen LogP contribution in [0.3, 0.4) is 0 Å². The number of thiazole rings is 1. The molecule has 0 atom stereocenters. The summed E-state index contributed by atoms with van der Waals surface area (Å²) in [7, 11) is 0. The Hall–Kier alpha value is -4.08. The van der Waals surface area contributed by atoms with Crippen LogP contribution < -0.4 is 5.32 Å². The minimum atomic E-state index is -0.568. The number of benzene rings is 3. The lowest BCUT2D eigenvalue weighted by Crippen LogP contribution is -2.30. The van der Waals surface area contributed by atoms with E-state index in [0.717, 1.165) is 17.2 Å². The lowest BCUT2D eigenvalue weighted by molar-refractivity contribution is -0.384. The van der Waals surface area contributed by atoms with Gasteiger partial charge in [0.15, 0.2) is 0 Å². The molecule has 1 heterocycles. The number of non-ortho nitro benzene ring substituents is 1. The van der Waals surface area contributed by atoms with Gasteiger partial charge in [-0.2, -0.15) is 0 Å². The van der Waals surface area contributed by atoms with Crippen LogP contribution in [0, 0.1) is 10.1 Å². The van der Waals surface area contributed by atoms with Gasteiger partial charge in [0, 0.05) is 30.6 Å². The zero-order valence-electron chi connectivity index (χ0n) is 19.0. The topological polar surface area (TPSA) is 105 Å². The first-order valence-electron chi connectivity index (χ1n) is 10.9. The summed E-state index contributed by atoms with van der Waals surface area (Å²) in [5.41, 5.74) is 2.08. The van der Waals surface area contributed by atoms with E-state index in [9.17, 15) is 19.7 Å². The van der Waals surface area contributed by atoms with Crippen molar-refractivity contribution in [3.05, 3.63) is 127 Å². The fourth-order valence-electron chi connectivity index (χ4n) is 3.48. The van der Waals surface area contributed by atoms with E-state index in [0.29, 0.717) is 11.6 Å². The number of halogens is 1. The summed E-state index contributed by atoms with van der Waals surface area (Å²) in [4.78, 5) is 42.5. The predicted molar refractivity (Wildman–Crippen MR) is 138 cm³/mol. The number of carbonyl (C=O) groups excluding carboxylic acids is 2. The standard InChI is InChI=1S/C26H21ClN4O4S/c27-22-13-20(31(34)35)11-12-21(22)26(33)30(15-19-9-5-2-6-10-19)16-24-29-23(17-36-24)25(32)28-14-18-7-3-1-4-8-18/h1-13,17H,14-16H2,(H,28,32). The quantitative estimate of drug-likeness (QED) is 0.232. The van der Waals surface area contributed by atoms with Crippen LogP contribution in [-0.2, 0) is 19.6 Å². The van der Waals surface area contributed by atoms with E-state index < -0.39 is 10.8 Å². The van der Waals surface area contributed by atoms with Gasteiger partial charge in [0.25, 0.3) is 17.5 Å². The number of carbonyl (C=O) groups is 2. The van der Waals surface area contributed by atoms with Gasteiger partial charge in [-0.3, -0.25) is 19.7 Å². The largest absolute Gasteiger partial charge is 0.347 e. The van der Waals surface area contributed by atoms with Gasteiger partial charge in [-0.15, -0.1) is 11.3 Å². The Morgan fingerprint density at radius 2 is 1.64 bits per heavy atom. The SMILES string of the molecule is O=C(NCc1ccccc1)c1csc(CN(Cc2ccccc2)C(=O)c2ccc([N+](=O)[O-])cc2Cl)n1. The van der Waals surface area contributed by atoms with Crippen molar-refractivity contribution in [2.45, 2.75) is 19.6 Å². The minimum Gasteiger partial charge on any atom is -0.347 e. The average molecular weight is 521 g/mol. The van der Waals surface area contributed by atoms with Crippen LogP contribution >= 0.6 is 22.9 Å². The van der Waals surface area contributed by atoms with E-state index in [1.165, 1.54) is 23.5 Å². The van der Waals surface area contributed by atoms with Crippen molar-refractivity contribution < 1.29 is 14.5 Å². The lowest BCUT2D eigenvalue weighted by atomic mass is 10.1. The average Bonchev–Trinajstić information content (AvgIpc) is 3.36. The Bertz CT molecular complexity index is 1380. The Morgan fingerprint density at radius 1 is 0.972 bits per heavy atom. The molecule has 0 aliphatic rings. The molecule has 1 N–H and O–H groups in total. The van der Waals surface area contributed by atoms with E-state index in [1.54, 1.807) is 10.3 Å². The monoisotopic (exact) mass is 520 g/mol. The summed E-state index contributed by atoms with van der Waals surface area (Å²) in [6, 6.07) is 22.7. The van der Waals surface area contributed by atoms with Crippen molar-refractivity contribution in [1.82, 2.24) is 15.2 Å². The number of nitro groups is 1. The van der Waals surface area contributed by atoms with Crippen molar-refractivity contribution in [3.63, 3.8) is 0 Å². The molecule has 4 aromatic rings. The molecule has 0 spiro atoms. The third-order valence-electron chi connectivity index (χ3n) is 5.30. The summed E-state index contributed by atoms with van der Waals surface area (Å²) in [5.74, 6) is -0.704. The molecule has 0 saturated carbocycles. The highest BCUT2D eigenvalue weighted by Gasteiger charge is 2.23. The van der Waals surface area contributed by atoms with E-state index in [4.69, 9.17) is 11.6 Å². The second kappa shape index (κ2) is 11.6. The molecule has 182 valence electrons. The molecule has 3 aromatic carbocycles. The molecule has 8 nitrogen and oxygen atoms in total. The molecule has 0 radical (unpaired) electrons. The summed E-state index contributed by atoms with van der Waals surface area (Å²) in [5, 5.41) is 16.1. The Kier molecular flexibility index (Phi) is 8.04. The van der Waals surface area contributed by atoms with Crippen LogP contribution in [-0.4, -0.2) is 26.6 Å². The third kappa shape index (κ3) is 6.32. The van der Waals surface area contributed by atoms with E-state index >= 15 is 0 Å². The highest BCUT2D eigenvalue weighted by Crippen LogP contribution is 2.25. The van der Waals surface area contributed by atoms with Gasteiger partial charge in [0.1, 0.15) is 10.7 Å². The number of amides is 2. The predicted octanol–water partition coefficient (Wildman–Crippen LogP) is 5.48. The Labute approximate surface area is 216 Å². The van der Waals surface area contributed by atoms with Gasteiger partial charge in [-0.25, -0.2) is 4.98 Å². The van der Waals surface area contributed by atoms with Crippen LogP contribution in [0.2, 0.25) is 5.02 Å². The van der Waals surface area contributed by atoms with Crippen molar-refractivity contribution in [2.75, 3.05) is 0 Å². The molecular formula is C26H21ClN4O4S. The molecule has 36 heavy (non-hydrogen) atoms. The minimum absolute atomic E-state index is 0.00706. The van der Waals surface area contributed by atoms with Gasteiger partial charge in [-0.1, -0.05) is 72.3 Å². The van der Waals surface area contributed by atoms with Crippen LogP contribution in [0.4, 0.5) is 5.69 Å². The molecular weight excluding hydrogens is 500 g/mol. The molecule has 0 aliphatic heterocycles. The highest BCUT2D eigenvalue weighted by atomic mass is 35.5. The fourth-order valence-corrected chi connectivity index (χ4v) is 4.53. The maximum absolute atomic E-state index is 13.4. The Morgan fingerprint density at radius 3 is 2.28 bits per heavy atom. The zero-order valence-corrected chi connectivity index (χ0v) is 20.5. The van der Waals surface area contributed by atoms with E-state index in [2.05, 4.69) is 10.3 Å². The number of nitrogens with one attached hydrogen (secondary N) is 1. The fraction of sp³-hybridized carbons (Fsp3) is 0.115. The normalized spacial score (nSPS) is 10.6. The number of rotatable bonds is 9. The Balaban J connectivity index is 1.52. The summed E-state index contributed by atoms with van der Waals surface area (Å²) < 4.78 is 0. The second-order valence-electron chi connectivity index (χ2n) is 7.86. The number of aromatic nitrogens is 1. The smallest absolute Gasteiger partial charge is 0.271 e. The van der Waals surface area contributed by atoms with Crippen molar-refractivity contribution in [3.8, 4) is 0 Å². The molecule has 10 heteroatoms. The molecule has 0 saturated heterocycles. The summed E-state index contributed by atoms with van der Waals surface area (Å²) in [6.07, 6.45) is 0. The first-order chi connectivity index (χ1) is 17.4. The van der Waals surface area contributed by atoms with Gasteiger partial charge in [0.2, 0.25) is 0 Å².